The Morgan fingerprint density at radius 2 is 2.05 bits per heavy atom. The molecule has 0 amide bonds. The Hall–Kier alpha value is -1.35. The van der Waals surface area contributed by atoms with Crippen LogP contribution in [0, 0.1) is 11.8 Å². The van der Waals surface area contributed by atoms with E-state index in [9.17, 15) is 4.79 Å². The van der Waals surface area contributed by atoms with Crippen LogP contribution < -0.4 is 5.32 Å². The molecule has 0 radical (unpaired) electrons. The van der Waals surface area contributed by atoms with Gasteiger partial charge < -0.3 is 10.1 Å². The van der Waals surface area contributed by atoms with Crippen LogP contribution in [0.1, 0.15) is 44.7 Å². The first-order chi connectivity index (χ1) is 10.5. The summed E-state index contributed by atoms with van der Waals surface area (Å²) >= 11 is 0. The largest absolute Gasteiger partial charge is 0.468 e. The van der Waals surface area contributed by atoms with Crippen LogP contribution in [-0.2, 0) is 21.4 Å². The third kappa shape index (κ3) is 3.52. The summed E-state index contributed by atoms with van der Waals surface area (Å²) in [6.07, 6.45) is 3.25. The maximum absolute atomic E-state index is 12.5. The second-order valence-corrected chi connectivity index (χ2v) is 7.03. The van der Waals surface area contributed by atoms with Gasteiger partial charge in [0, 0.05) is 0 Å². The van der Waals surface area contributed by atoms with Crippen LogP contribution in [0.3, 0.4) is 0 Å². The molecule has 2 rings (SSSR count). The lowest BCUT2D eigenvalue weighted by atomic mass is 9.69. The third-order valence-corrected chi connectivity index (χ3v) is 4.92. The summed E-state index contributed by atoms with van der Waals surface area (Å²) in [5, 5.41) is 3.42. The van der Waals surface area contributed by atoms with Crippen LogP contribution in [0.4, 0.5) is 0 Å². The molecular formula is C19H29NO2. The van der Waals surface area contributed by atoms with Crippen molar-refractivity contribution in [2.24, 2.45) is 11.8 Å². The van der Waals surface area contributed by atoms with Gasteiger partial charge >= 0.3 is 5.97 Å². The van der Waals surface area contributed by atoms with Crippen LogP contribution >= 0.6 is 0 Å². The van der Waals surface area contributed by atoms with Crippen molar-refractivity contribution < 1.29 is 9.53 Å². The lowest BCUT2D eigenvalue weighted by molar-refractivity contribution is -0.149. The first-order valence-corrected chi connectivity index (χ1v) is 8.37. The standard InChI is InChI=1S/C19H29NO2/c1-14(2)12-15-7-9-16(10-8-15)19(3,18(21)22-4)17-6-5-11-20-13-17/h7-10,14,17,20H,5-6,11-13H2,1-4H3. The minimum atomic E-state index is -0.571. The maximum Gasteiger partial charge on any atom is 0.316 e. The van der Waals surface area contributed by atoms with E-state index in [4.69, 9.17) is 4.74 Å². The predicted octanol–water partition coefficient (Wildman–Crippen LogP) is 3.32. The van der Waals surface area contributed by atoms with Gasteiger partial charge in [-0.2, -0.15) is 0 Å². The monoisotopic (exact) mass is 303 g/mol. The van der Waals surface area contributed by atoms with Crippen molar-refractivity contribution in [3.05, 3.63) is 35.4 Å². The number of hydrogen-bond acceptors (Lipinski definition) is 3. The highest BCUT2D eigenvalue weighted by Crippen LogP contribution is 2.37. The van der Waals surface area contributed by atoms with Crippen molar-refractivity contribution in [3.63, 3.8) is 0 Å². The molecule has 0 spiro atoms. The van der Waals surface area contributed by atoms with Crippen LogP contribution in [-0.4, -0.2) is 26.2 Å². The zero-order chi connectivity index (χ0) is 16.2. The Morgan fingerprint density at radius 1 is 1.36 bits per heavy atom. The fourth-order valence-corrected chi connectivity index (χ4v) is 3.54. The van der Waals surface area contributed by atoms with Crippen molar-refractivity contribution >= 4 is 5.97 Å². The molecule has 0 bridgehead atoms. The second-order valence-electron chi connectivity index (χ2n) is 7.03. The lowest BCUT2D eigenvalue weighted by Gasteiger charge is -2.38. The fraction of sp³-hybridized carbons (Fsp3) is 0.632. The average molecular weight is 303 g/mol. The van der Waals surface area contributed by atoms with Gasteiger partial charge in [0.1, 0.15) is 0 Å². The molecule has 2 unspecified atom stereocenters. The van der Waals surface area contributed by atoms with Gasteiger partial charge in [-0.25, -0.2) is 0 Å². The summed E-state index contributed by atoms with van der Waals surface area (Å²) in [5.41, 5.74) is 1.83. The smallest absolute Gasteiger partial charge is 0.316 e. The van der Waals surface area contributed by atoms with Crippen LogP contribution in [0.25, 0.3) is 0 Å². The molecule has 0 aromatic heterocycles. The van der Waals surface area contributed by atoms with Gasteiger partial charge in [0.25, 0.3) is 0 Å². The minimum Gasteiger partial charge on any atom is -0.468 e. The first kappa shape index (κ1) is 17.0. The van der Waals surface area contributed by atoms with E-state index in [-0.39, 0.29) is 11.9 Å². The molecule has 1 saturated heterocycles. The Bertz CT molecular complexity index is 489. The number of ether oxygens (including phenoxy) is 1. The molecule has 1 heterocycles. The van der Waals surface area contributed by atoms with Gasteiger partial charge in [0.2, 0.25) is 0 Å². The number of benzene rings is 1. The number of rotatable bonds is 5. The number of carbonyl (C=O) groups excluding carboxylic acids is 1. The number of carbonyl (C=O) groups is 1. The molecule has 1 aliphatic rings. The maximum atomic E-state index is 12.5. The summed E-state index contributed by atoms with van der Waals surface area (Å²) in [6.45, 7) is 8.40. The molecule has 1 aromatic rings. The van der Waals surface area contributed by atoms with E-state index in [0.29, 0.717) is 5.92 Å². The number of piperidine rings is 1. The van der Waals surface area contributed by atoms with E-state index >= 15 is 0 Å². The zero-order valence-electron chi connectivity index (χ0n) is 14.3. The molecular weight excluding hydrogens is 274 g/mol. The highest BCUT2D eigenvalue weighted by molar-refractivity contribution is 5.83. The summed E-state index contributed by atoms with van der Waals surface area (Å²) in [6, 6.07) is 8.55. The highest BCUT2D eigenvalue weighted by atomic mass is 16.5. The van der Waals surface area contributed by atoms with Crippen LogP contribution in [0.5, 0.6) is 0 Å². The van der Waals surface area contributed by atoms with Gasteiger partial charge in [-0.1, -0.05) is 38.1 Å². The minimum absolute atomic E-state index is 0.127. The van der Waals surface area contributed by atoms with Gasteiger partial charge in [0.15, 0.2) is 0 Å². The van der Waals surface area contributed by atoms with E-state index in [1.54, 1.807) is 0 Å². The Labute approximate surface area is 134 Å². The molecule has 22 heavy (non-hydrogen) atoms. The number of esters is 1. The summed E-state index contributed by atoms with van der Waals surface area (Å²) in [5.74, 6) is 0.794. The first-order valence-electron chi connectivity index (χ1n) is 8.37. The molecule has 122 valence electrons. The second kappa shape index (κ2) is 7.28. The topological polar surface area (TPSA) is 38.3 Å². The zero-order valence-corrected chi connectivity index (χ0v) is 14.3. The quantitative estimate of drug-likeness (QED) is 0.848. The third-order valence-electron chi connectivity index (χ3n) is 4.92. The van der Waals surface area contributed by atoms with Crippen LogP contribution in [0.2, 0.25) is 0 Å². The number of nitrogens with one attached hydrogen (secondary N) is 1. The van der Waals surface area contributed by atoms with Crippen molar-refractivity contribution in [2.45, 2.75) is 45.4 Å². The highest BCUT2D eigenvalue weighted by Gasteiger charge is 2.44. The number of hydrogen-bond donors (Lipinski definition) is 1. The van der Waals surface area contributed by atoms with Gasteiger partial charge in [-0.05, 0) is 62.2 Å². The molecule has 1 aromatic carbocycles. The van der Waals surface area contributed by atoms with Gasteiger partial charge in [0.05, 0.1) is 12.5 Å². The summed E-state index contributed by atoms with van der Waals surface area (Å²) < 4.78 is 5.15. The van der Waals surface area contributed by atoms with E-state index in [2.05, 4.69) is 43.4 Å². The lowest BCUT2D eigenvalue weighted by Crippen LogP contribution is -2.47. The van der Waals surface area contributed by atoms with E-state index in [0.717, 1.165) is 37.9 Å². The molecule has 0 saturated carbocycles. The molecule has 1 fully saturated rings. The molecule has 3 heteroatoms. The van der Waals surface area contributed by atoms with Crippen molar-refractivity contribution in [1.82, 2.24) is 5.32 Å². The van der Waals surface area contributed by atoms with Gasteiger partial charge in [-0.15, -0.1) is 0 Å². The Kier molecular flexibility index (Phi) is 5.63. The number of methoxy groups -OCH3 is 1. The van der Waals surface area contributed by atoms with Crippen molar-refractivity contribution in [1.29, 1.82) is 0 Å². The van der Waals surface area contributed by atoms with E-state index < -0.39 is 5.41 Å². The summed E-state index contributed by atoms with van der Waals surface area (Å²) in [7, 11) is 1.49. The molecule has 2 atom stereocenters. The molecule has 3 nitrogen and oxygen atoms in total. The Balaban J connectivity index is 2.30. The molecule has 1 N–H and O–H groups in total. The van der Waals surface area contributed by atoms with Gasteiger partial charge in [-0.3, -0.25) is 4.79 Å². The fourth-order valence-electron chi connectivity index (χ4n) is 3.54. The van der Waals surface area contributed by atoms with E-state index in [1.807, 2.05) is 6.92 Å². The van der Waals surface area contributed by atoms with E-state index in [1.165, 1.54) is 12.7 Å². The average Bonchev–Trinajstić information content (AvgIpc) is 2.54. The van der Waals surface area contributed by atoms with Crippen LogP contribution in [0.15, 0.2) is 24.3 Å². The SMILES string of the molecule is COC(=O)C(C)(c1ccc(CC(C)C)cc1)C1CCCNC1. The normalized spacial score (nSPS) is 21.4. The summed E-state index contributed by atoms with van der Waals surface area (Å²) in [4.78, 5) is 12.5. The molecule has 0 aliphatic carbocycles. The Morgan fingerprint density at radius 3 is 2.55 bits per heavy atom. The van der Waals surface area contributed by atoms with Crippen molar-refractivity contribution in [3.8, 4) is 0 Å². The van der Waals surface area contributed by atoms with Crippen molar-refractivity contribution in [2.75, 3.05) is 20.2 Å². The predicted molar refractivity (Wildman–Crippen MR) is 89.9 cm³/mol. The molecule has 1 aliphatic heterocycles.